The lowest BCUT2D eigenvalue weighted by molar-refractivity contribution is 0.147. The van der Waals surface area contributed by atoms with E-state index in [1.807, 2.05) is 6.07 Å². The molecule has 1 N–H and O–H groups in total. The Balaban J connectivity index is 2.43. The van der Waals surface area contributed by atoms with E-state index in [0.29, 0.717) is 5.75 Å². The zero-order chi connectivity index (χ0) is 11.3. The Morgan fingerprint density at radius 3 is 2.47 bits per heavy atom. The number of benzene rings is 1. The van der Waals surface area contributed by atoms with Crippen LogP contribution in [-0.4, -0.2) is 37.4 Å². The van der Waals surface area contributed by atoms with Crippen LogP contribution in [0.15, 0.2) is 30.3 Å². The van der Waals surface area contributed by atoms with E-state index in [1.165, 1.54) is 19.0 Å². The van der Waals surface area contributed by atoms with Crippen LogP contribution in [0.1, 0.15) is 0 Å². The fraction of sp³-hybridized carbons (Fsp3) is 0.222. The molecule has 1 aromatic rings. The van der Waals surface area contributed by atoms with Gasteiger partial charge in [0, 0.05) is 14.1 Å². The largest absolute Gasteiger partial charge is 0.788 e. The van der Waals surface area contributed by atoms with Gasteiger partial charge < -0.3 is 19.2 Å². The Morgan fingerprint density at radius 1 is 1.33 bits per heavy atom. The van der Waals surface area contributed by atoms with Crippen molar-refractivity contribution in [2.24, 2.45) is 0 Å². The summed E-state index contributed by atoms with van der Waals surface area (Å²) >= 11 is 0. The Morgan fingerprint density at radius 2 is 1.93 bits per heavy atom. The van der Waals surface area contributed by atoms with Crippen molar-refractivity contribution in [3.63, 3.8) is 0 Å². The van der Waals surface area contributed by atoms with Gasteiger partial charge in [-0.25, -0.2) is 4.79 Å². The van der Waals surface area contributed by atoms with Crippen LogP contribution in [-0.2, 0) is 4.65 Å². The number of carbonyl (C=O) groups is 1. The molecule has 0 aliphatic heterocycles. The lowest BCUT2D eigenvalue weighted by Crippen LogP contribution is -2.34. The van der Waals surface area contributed by atoms with Crippen LogP contribution in [0.4, 0.5) is 4.79 Å². The van der Waals surface area contributed by atoms with Crippen molar-refractivity contribution in [2.75, 3.05) is 14.1 Å². The van der Waals surface area contributed by atoms with Crippen LogP contribution >= 0.6 is 0 Å². The van der Waals surface area contributed by atoms with E-state index in [4.69, 9.17) is 4.65 Å². The first-order chi connectivity index (χ1) is 7.09. The third-order valence-corrected chi connectivity index (χ3v) is 1.55. The van der Waals surface area contributed by atoms with E-state index < -0.39 is 13.4 Å². The van der Waals surface area contributed by atoms with Crippen molar-refractivity contribution >= 4 is 13.4 Å². The molecule has 0 bridgehead atoms. The highest BCUT2D eigenvalue weighted by Gasteiger charge is 2.24. The number of hydrogen-bond acceptors (Lipinski definition) is 4. The molecule has 0 saturated heterocycles. The summed E-state index contributed by atoms with van der Waals surface area (Å²) in [5, 5.41) is 9.23. The van der Waals surface area contributed by atoms with E-state index in [2.05, 4.69) is 4.65 Å². The van der Waals surface area contributed by atoms with Crippen molar-refractivity contribution in [2.45, 2.75) is 0 Å². The zero-order valence-electron chi connectivity index (χ0n) is 8.58. The highest BCUT2D eigenvalue weighted by Crippen LogP contribution is 2.09. The monoisotopic (exact) mass is 209 g/mol. The molecule has 5 nitrogen and oxygen atoms in total. The summed E-state index contributed by atoms with van der Waals surface area (Å²) in [5.41, 5.74) is 0. The molecule has 0 aromatic heterocycles. The number of carbonyl (C=O) groups excluding carboxylic acids is 1. The predicted octanol–water partition coefficient (Wildman–Crippen LogP) is 0.741. The Hall–Kier alpha value is -1.69. The molecule has 0 aliphatic rings. The molecule has 0 atom stereocenters. The molecule has 0 aliphatic carbocycles. The minimum absolute atomic E-state index is 0.427. The second-order valence-electron chi connectivity index (χ2n) is 3.02. The minimum atomic E-state index is -1.60. The highest BCUT2D eigenvalue weighted by molar-refractivity contribution is 6.38. The number of rotatable bonds is 3. The zero-order valence-corrected chi connectivity index (χ0v) is 8.58. The summed E-state index contributed by atoms with van der Waals surface area (Å²) in [6.45, 7) is 0. The fourth-order valence-electron chi connectivity index (χ4n) is 0.831. The molecule has 0 saturated carbocycles. The van der Waals surface area contributed by atoms with Crippen molar-refractivity contribution < 1.29 is 19.1 Å². The van der Waals surface area contributed by atoms with Gasteiger partial charge in [-0.1, -0.05) is 18.2 Å². The maximum atomic E-state index is 11.0. The fourth-order valence-corrected chi connectivity index (χ4v) is 0.831. The van der Waals surface area contributed by atoms with E-state index in [-0.39, 0.29) is 0 Å². The minimum Gasteiger partial charge on any atom is -0.501 e. The number of amides is 1. The molecular formula is C9H12BNO4. The summed E-state index contributed by atoms with van der Waals surface area (Å²) in [5.74, 6) is 0.427. The van der Waals surface area contributed by atoms with Gasteiger partial charge in [0.15, 0.2) is 0 Å². The van der Waals surface area contributed by atoms with Crippen LogP contribution in [0.5, 0.6) is 5.75 Å². The SMILES string of the molecule is CN(C)C(=O)OB(O)Oc1ccccc1. The van der Waals surface area contributed by atoms with Crippen molar-refractivity contribution in [1.82, 2.24) is 4.90 Å². The van der Waals surface area contributed by atoms with Gasteiger partial charge in [0.2, 0.25) is 0 Å². The summed E-state index contributed by atoms with van der Waals surface area (Å²) in [7, 11) is 1.43. The van der Waals surface area contributed by atoms with Gasteiger partial charge in [-0.05, 0) is 12.1 Å². The Kier molecular flexibility index (Phi) is 3.99. The number of para-hydroxylation sites is 1. The second kappa shape index (κ2) is 5.26. The molecule has 1 aromatic carbocycles. The second-order valence-corrected chi connectivity index (χ2v) is 3.02. The molecular weight excluding hydrogens is 197 g/mol. The van der Waals surface area contributed by atoms with Crippen molar-refractivity contribution in [3.05, 3.63) is 30.3 Å². The molecule has 0 unspecified atom stereocenters. The molecule has 0 spiro atoms. The maximum absolute atomic E-state index is 11.0. The van der Waals surface area contributed by atoms with Gasteiger partial charge in [-0.3, -0.25) is 0 Å². The molecule has 15 heavy (non-hydrogen) atoms. The van der Waals surface area contributed by atoms with Crippen molar-refractivity contribution in [1.29, 1.82) is 0 Å². The first kappa shape index (κ1) is 11.4. The summed E-state index contributed by atoms with van der Waals surface area (Å²) in [4.78, 5) is 12.2. The average molecular weight is 209 g/mol. The van der Waals surface area contributed by atoms with Gasteiger partial charge in [0.25, 0.3) is 0 Å². The van der Waals surface area contributed by atoms with Crippen LogP contribution in [0.2, 0.25) is 0 Å². The molecule has 1 rings (SSSR count). The van der Waals surface area contributed by atoms with Gasteiger partial charge in [-0.15, -0.1) is 0 Å². The number of nitrogens with zero attached hydrogens (tertiary/aromatic N) is 1. The predicted molar refractivity (Wildman–Crippen MR) is 55.2 cm³/mol. The molecule has 0 heterocycles. The molecule has 0 fully saturated rings. The standard InChI is InChI=1S/C9H12BNO4/c1-11(2)9(12)15-10(13)14-8-6-4-3-5-7-8/h3-7,13H,1-2H3. The molecule has 80 valence electrons. The van der Waals surface area contributed by atoms with Crippen LogP contribution in [0.25, 0.3) is 0 Å². The first-order valence-corrected chi connectivity index (χ1v) is 4.37. The summed E-state index contributed by atoms with van der Waals surface area (Å²) in [6.07, 6.45) is -0.668. The van der Waals surface area contributed by atoms with Gasteiger partial charge in [-0.2, -0.15) is 0 Å². The smallest absolute Gasteiger partial charge is 0.501 e. The number of hydrogen-bond donors (Lipinski definition) is 1. The average Bonchev–Trinajstić information content (AvgIpc) is 2.18. The Labute approximate surface area is 88.4 Å². The van der Waals surface area contributed by atoms with E-state index in [1.54, 1.807) is 24.3 Å². The first-order valence-electron chi connectivity index (χ1n) is 4.37. The van der Waals surface area contributed by atoms with Crippen molar-refractivity contribution in [3.8, 4) is 5.75 Å². The summed E-state index contributed by atoms with van der Waals surface area (Å²) in [6, 6.07) is 8.59. The lowest BCUT2D eigenvalue weighted by atomic mass is 10.2. The van der Waals surface area contributed by atoms with Gasteiger partial charge in [0.1, 0.15) is 5.75 Å². The third-order valence-electron chi connectivity index (χ3n) is 1.55. The van der Waals surface area contributed by atoms with Gasteiger partial charge in [0.05, 0.1) is 0 Å². The van der Waals surface area contributed by atoms with E-state index >= 15 is 0 Å². The quantitative estimate of drug-likeness (QED) is 0.745. The molecule has 0 radical (unpaired) electrons. The topological polar surface area (TPSA) is 59.0 Å². The third kappa shape index (κ3) is 3.91. The van der Waals surface area contributed by atoms with E-state index in [0.717, 1.165) is 0 Å². The maximum Gasteiger partial charge on any atom is 0.788 e. The molecule has 1 amide bonds. The van der Waals surface area contributed by atoms with Crippen LogP contribution in [0, 0.1) is 0 Å². The van der Waals surface area contributed by atoms with E-state index in [9.17, 15) is 9.82 Å². The normalized spacial score (nSPS) is 9.27. The lowest BCUT2D eigenvalue weighted by Gasteiger charge is -2.13. The molecule has 6 heteroatoms. The van der Waals surface area contributed by atoms with Crippen LogP contribution in [0.3, 0.4) is 0 Å². The highest BCUT2D eigenvalue weighted by atomic mass is 16.7. The summed E-state index contributed by atoms with van der Waals surface area (Å²) < 4.78 is 9.46. The van der Waals surface area contributed by atoms with Gasteiger partial charge >= 0.3 is 13.4 Å². The Bertz CT molecular complexity index is 317. The van der Waals surface area contributed by atoms with Crippen LogP contribution < -0.4 is 4.65 Å².